The number of aromatic nitrogens is 3. The van der Waals surface area contributed by atoms with Crippen LogP contribution in [0.4, 0.5) is 5.69 Å². The van der Waals surface area contributed by atoms with Gasteiger partial charge < -0.3 is 10.2 Å². The van der Waals surface area contributed by atoms with Gasteiger partial charge in [-0.3, -0.25) is 4.90 Å². The Kier molecular flexibility index (Phi) is 7.04. The molecule has 3 heterocycles. The van der Waals surface area contributed by atoms with Crippen LogP contribution in [0, 0.1) is 6.92 Å². The van der Waals surface area contributed by atoms with E-state index in [1.165, 1.54) is 11.3 Å². The summed E-state index contributed by atoms with van der Waals surface area (Å²) in [5, 5.41) is 6.58. The summed E-state index contributed by atoms with van der Waals surface area (Å²) in [6, 6.07) is 11.1. The van der Waals surface area contributed by atoms with E-state index in [4.69, 9.17) is 0 Å². The normalized spacial score (nSPS) is 16.0. The topological polar surface area (TPSA) is 57.2 Å². The highest BCUT2D eigenvalue weighted by atomic mass is 32.1. The molecule has 0 spiro atoms. The van der Waals surface area contributed by atoms with E-state index in [1.807, 2.05) is 6.07 Å². The van der Waals surface area contributed by atoms with Gasteiger partial charge in [0.25, 0.3) is 0 Å². The van der Waals surface area contributed by atoms with Crippen LogP contribution in [0.2, 0.25) is 0 Å². The average Bonchev–Trinajstić information content (AvgIpc) is 3.26. The van der Waals surface area contributed by atoms with Crippen molar-refractivity contribution in [2.45, 2.75) is 32.9 Å². The molecule has 0 bridgehead atoms. The number of hydrogen-bond acceptors (Lipinski definition) is 7. The molecule has 0 amide bonds. The quantitative estimate of drug-likeness (QED) is 0.599. The van der Waals surface area contributed by atoms with Crippen LogP contribution in [0.25, 0.3) is 10.8 Å². The Labute approximate surface area is 183 Å². The van der Waals surface area contributed by atoms with Gasteiger partial charge in [-0.15, -0.1) is 11.3 Å². The fourth-order valence-electron chi connectivity index (χ4n) is 3.71. The monoisotopic (exact) mass is 422 g/mol. The van der Waals surface area contributed by atoms with Gasteiger partial charge in [0.05, 0.1) is 5.69 Å². The van der Waals surface area contributed by atoms with Gasteiger partial charge in [0.1, 0.15) is 0 Å². The van der Waals surface area contributed by atoms with E-state index in [0.29, 0.717) is 11.9 Å². The smallest absolute Gasteiger partial charge is 0.188 e. The van der Waals surface area contributed by atoms with Crippen molar-refractivity contribution in [1.29, 1.82) is 0 Å². The molecule has 1 atom stereocenters. The van der Waals surface area contributed by atoms with E-state index in [9.17, 15) is 0 Å². The number of nitrogens with one attached hydrogen (secondary N) is 1. The van der Waals surface area contributed by atoms with Crippen LogP contribution >= 0.6 is 11.3 Å². The molecular formula is C23H30N6S. The van der Waals surface area contributed by atoms with Gasteiger partial charge in [-0.05, 0) is 50.6 Å². The number of piperazine rings is 1. The SMILES string of the molecule is Cc1cccc(N2CCN(CCC(C)NCc3csc(-c4ncccn4)n3)CC2)c1. The zero-order valence-electron chi connectivity index (χ0n) is 17.8. The lowest BCUT2D eigenvalue weighted by Gasteiger charge is -2.36. The lowest BCUT2D eigenvalue weighted by molar-refractivity contribution is 0.244. The molecule has 30 heavy (non-hydrogen) atoms. The van der Waals surface area contributed by atoms with Crippen LogP contribution in [0.1, 0.15) is 24.6 Å². The zero-order chi connectivity index (χ0) is 20.8. The molecule has 1 N–H and O–H groups in total. The van der Waals surface area contributed by atoms with Gasteiger partial charge in [-0.25, -0.2) is 15.0 Å². The van der Waals surface area contributed by atoms with Crippen LogP contribution in [-0.4, -0.2) is 58.6 Å². The minimum Gasteiger partial charge on any atom is -0.369 e. The Morgan fingerprint density at radius 1 is 1.10 bits per heavy atom. The molecule has 6 nitrogen and oxygen atoms in total. The van der Waals surface area contributed by atoms with Gasteiger partial charge >= 0.3 is 0 Å². The summed E-state index contributed by atoms with van der Waals surface area (Å²) in [6.07, 6.45) is 4.65. The van der Waals surface area contributed by atoms with Crippen LogP contribution < -0.4 is 10.2 Å². The maximum Gasteiger partial charge on any atom is 0.188 e. The summed E-state index contributed by atoms with van der Waals surface area (Å²) in [7, 11) is 0. The predicted octanol–water partition coefficient (Wildman–Crippen LogP) is 3.60. The Bertz CT molecular complexity index is 920. The number of thiazole rings is 1. The van der Waals surface area contributed by atoms with E-state index in [0.717, 1.165) is 56.4 Å². The molecule has 1 saturated heterocycles. The second-order valence-electron chi connectivity index (χ2n) is 7.95. The highest BCUT2D eigenvalue weighted by Gasteiger charge is 2.17. The summed E-state index contributed by atoms with van der Waals surface area (Å²) in [4.78, 5) is 18.3. The summed E-state index contributed by atoms with van der Waals surface area (Å²) < 4.78 is 0. The fourth-order valence-corrected chi connectivity index (χ4v) is 4.48. The Hall–Kier alpha value is -2.35. The molecule has 1 unspecified atom stereocenters. The first kappa shape index (κ1) is 20.9. The van der Waals surface area contributed by atoms with Crippen molar-refractivity contribution in [3.05, 3.63) is 59.4 Å². The number of anilines is 1. The Morgan fingerprint density at radius 2 is 1.90 bits per heavy atom. The van der Waals surface area contributed by atoms with Crippen LogP contribution in [0.3, 0.4) is 0 Å². The first-order valence-electron chi connectivity index (χ1n) is 10.7. The molecule has 0 radical (unpaired) electrons. The summed E-state index contributed by atoms with van der Waals surface area (Å²) in [5.74, 6) is 0.701. The van der Waals surface area contributed by atoms with Gasteiger partial charge in [-0.1, -0.05) is 12.1 Å². The van der Waals surface area contributed by atoms with E-state index in [-0.39, 0.29) is 0 Å². The van der Waals surface area contributed by atoms with Crippen LogP contribution in [0.15, 0.2) is 48.1 Å². The molecule has 3 aromatic rings. The zero-order valence-corrected chi connectivity index (χ0v) is 18.6. The maximum absolute atomic E-state index is 4.66. The van der Waals surface area contributed by atoms with Gasteiger partial charge in [0.15, 0.2) is 10.8 Å². The van der Waals surface area contributed by atoms with E-state index < -0.39 is 0 Å². The molecule has 0 saturated carbocycles. The largest absolute Gasteiger partial charge is 0.369 e. The molecule has 1 aliphatic heterocycles. The molecule has 4 rings (SSSR count). The maximum atomic E-state index is 4.66. The number of benzene rings is 1. The lowest BCUT2D eigenvalue weighted by atomic mass is 10.1. The first-order valence-corrected chi connectivity index (χ1v) is 11.5. The van der Waals surface area contributed by atoms with E-state index >= 15 is 0 Å². The molecule has 0 aliphatic carbocycles. The highest BCUT2D eigenvalue weighted by molar-refractivity contribution is 7.13. The molecule has 7 heteroatoms. The van der Waals surface area contributed by atoms with Crippen molar-refractivity contribution in [3.8, 4) is 10.8 Å². The summed E-state index contributed by atoms with van der Waals surface area (Å²) in [6.45, 7) is 10.8. The molecule has 158 valence electrons. The van der Waals surface area contributed by atoms with Gasteiger partial charge in [0.2, 0.25) is 0 Å². The van der Waals surface area contributed by atoms with Crippen molar-refractivity contribution in [2.24, 2.45) is 0 Å². The standard InChI is InChI=1S/C23H30N6S/c1-18-5-3-6-21(15-18)29-13-11-28(12-14-29)10-7-19(2)26-16-20-17-30-23(27-20)22-24-8-4-9-25-22/h3-6,8-9,15,17,19,26H,7,10-14,16H2,1-2H3. The van der Waals surface area contributed by atoms with Crippen molar-refractivity contribution in [3.63, 3.8) is 0 Å². The van der Waals surface area contributed by atoms with Gasteiger partial charge in [-0.2, -0.15) is 0 Å². The number of hydrogen-bond donors (Lipinski definition) is 1. The molecule has 2 aromatic heterocycles. The molecule has 1 aliphatic rings. The van der Waals surface area contributed by atoms with Crippen molar-refractivity contribution >= 4 is 17.0 Å². The number of nitrogens with zero attached hydrogens (tertiary/aromatic N) is 5. The average molecular weight is 423 g/mol. The Morgan fingerprint density at radius 3 is 2.67 bits per heavy atom. The minimum absolute atomic E-state index is 0.456. The second-order valence-corrected chi connectivity index (χ2v) is 8.81. The van der Waals surface area contributed by atoms with Crippen LogP contribution in [0.5, 0.6) is 0 Å². The molecule has 1 aromatic carbocycles. The number of rotatable bonds is 8. The molecule has 1 fully saturated rings. The van der Waals surface area contributed by atoms with Gasteiger partial charge in [0, 0.05) is 62.2 Å². The lowest BCUT2D eigenvalue weighted by Crippen LogP contribution is -2.47. The summed E-state index contributed by atoms with van der Waals surface area (Å²) in [5.41, 5.74) is 3.74. The van der Waals surface area contributed by atoms with E-state index in [1.54, 1.807) is 23.7 Å². The molecular weight excluding hydrogens is 392 g/mol. The van der Waals surface area contributed by atoms with Crippen LogP contribution in [-0.2, 0) is 6.54 Å². The summed E-state index contributed by atoms with van der Waals surface area (Å²) >= 11 is 1.60. The second kappa shape index (κ2) is 10.1. The van der Waals surface area contributed by atoms with Crippen molar-refractivity contribution in [1.82, 2.24) is 25.2 Å². The number of aryl methyl sites for hydroxylation is 1. The van der Waals surface area contributed by atoms with Crippen molar-refractivity contribution < 1.29 is 0 Å². The third-order valence-corrected chi connectivity index (χ3v) is 6.44. The minimum atomic E-state index is 0.456. The van der Waals surface area contributed by atoms with Crippen molar-refractivity contribution in [2.75, 3.05) is 37.6 Å². The highest BCUT2D eigenvalue weighted by Crippen LogP contribution is 2.20. The third-order valence-electron chi connectivity index (χ3n) is 5.56. The fraction of sp³-hybridized carbons (Fsp3) is 0.435. The Balaban J connectivity index is 1.17. The first-order chi connectivity index (χ1) is 14.7. The predicted molar refractivity (Wildman–Crippen MR) is 124 cm³/mol. The third kappa shape index (κ3) is 5.62. The van der Waals surface area contributed by atoms with E-state index in [2.05, 4.69) is 73.6 Å².